The molecule has 0 radical (unpaired) electrons. The first-order valence-corrected chi connectivity index (χ1v) is 6.28. The van der Waals surface area contributed by atoms with Gasteiger partial charge in [-0.2, -0.15) is 0 Å². The average Bonchev–Trinajstić information content (AvgIpc) is 2.67. The van der Waals surface area contributed by atoms with Crippen molar-refractivity contribution < 1.29 is 4.74 Å². The van der Waals surface area contributed by atoms with Gasteiger partial charge in [0.05, 0.1) is 0 Å². The fourth-order valence-electron chi connectivity index (χ4n) is 1.12. The van der Waals surface area contributed by atoms with Crippen LogP contribution in [0, 0.1) is 0 Å². The first-order valence-electron chi connectivity index (χ1n) is 5.46. The van der Waals surface area contributed by atoms with E-state index >= 15 is 0 Å². The van der Waals surface area contributed by atoms with E-state index in [4.69, 9.17) is 4.74 Å². The Labute approximate surface area is 95.1 Å². The second kappa shape index (κ2) is 7.73. The smallest absolute Gasteiger partial charge is 0.143 e. The molecule has 15 heavy (non-hydrogen) atoms. The van der Waals surface area contributed by atoms with Crippen LogP contribution in [0.15, 0.2) is 0 Å². The Kier molecular flexibility index (Phi) is 6.47. The lowest BCUT2D eigenvalue weighted by Gasteiger charge is -1.97. The molecule has 0 saturated carbocycles. The lowest BCUT2D eigenvalue weighted by Crippen LogP contribution is -2.15. The number of nitrogens with zero attached hydrogens (tertiary/aromatic N) is 2. The molecule has 5 heteroatoms. The van der Waals surface area contributed by atoms with Crippen LogP contribution in [0.4, 0.5) is 0 Å². The molecule has 1 aromatic rings. The maximum atomic E-state index is 5.40. The molecule has 0 aromatic carbocycles. The van der Waals surface area contributed by atoms with Gasteiger partial charge in [-0.1, -0.05) is 25.2 Å². The van der Waals surface area contributed by atoms with E-state index in [1.165, 1.54) is 0 Å². The van der Waals surface area contributed by atoms with Crippen LogP contribution < -0.4 is 5.32 Å². The Bertz CT molecular complexity index is 240. The number of likely N-dealkylation sites (N-methyl/N-ethyl adjacent to an activating group) is 1. The molecule has 0 aliphatic heterocycles. The summed E-state index contributed by atoms with van der Waals surface area (Å²) >= 11 is 1.65. The molecule has 1 heterocycles. The van der Waals surface area contributed by atoms with E-state index in [9.17, 15) is 0 Å². The van der Waals surface area contributed by atoms with Crippen molar-refractivity contribution in [2.75, 3.05) is 19.7 Å². The number of ether oxygens (including phenoxy) is 1. The van der Waals surface area contributed by atoms with Crippen LogP contribution in [0.2, 0.25) is 0 Å². The highest BCUT2D eigenvalue weighted by atomic mass is 32.1. The Morgan fingerprint density at radius 2 is 2.07 bits per heavy atom. The third kappa shape index (κ3) is 5.20. The molecule has 0 aliphatic rings. The van der Waals surface area contributed by atoms with Gasteiger partial charge >= 0.3 is 0 Å². The van der Waals surface area contributed by atoms with Gasteiger partial charge in [-0.3, -0.25) is 0 Å². The molecule has 0 aliphatic carbocycles. The minimum Gasteiger partial charge on any atom is -0.374 e. The van der Waals surface area contributed by atoms with Crippen molar-refractivity contribution in [1.82, 2.24) is 15.5 Å². The number of nitrogens with one attached hydrogen (secondary N) is 1. The van der Waals surface area contributed by atoms with Crippen LogP contribution in [-0.4, -0.2) is 29.9 Å². The molecule has 86 valence electrons. The summed E-state index contributed by atoms with van der Waals surface area (Å²) in [6.07, 6.45) is 2.01. The monoisotopic (exact) mass is 229 g/mol. The Morgan fingerprint density at radius 3 is 2.80 bits per heavy atom. The maximum absolute atomic E-state index is 5.40. The van der Waals surface area contributed by atoms with Gasteiger partial charge in [0.2, 0.25) is 0 Å². The zero-order valence-corrected chi connectivity index (χ0v) is 10.3. The van der Waals surface area contributed by atoms with E-state index < -0.39 is 0 Å². The fraction of sp³-hybridized carbons (Fsp3) is 0.800. The summed E-state index contributed by atoms with van der Waals surface area (Å²) in [6.45, 7) is 7.58. The molecule has 4 nitrogen and oxygen atoms in total. The Balaban J connectivity index is 2.23. The van der Waals surface area contributed by atoms with Gasteiger partial charge in [0.1, 0.15) is 16.6 Å². The van der Waals surface area contributed by atoms with Crippen molar-refractivity contribution in [3.63, 3.8) is 0 Å². The topological polar surface area (TPSA) is 47.0 Å². The summed E-state index contributed by atoms with van der Waals surface area (Å²) in [5.74, 6) is 0. The van der Waals surface area contributed by atoms with Crippen molar-refractivity contribution >= 4 is 11.3 Å². The average molecular weight is 229 g/mol. The van der Waals surface area contributed by atoms with Crippen molar-refractivity contribution in [2.45, 2.75) is 33.3 Å². The highest BCUT2D eigenvalue weighted by Crippen LogP contribution is 2.11. The largest absolute Gasteiger partial charge is 0.374 e. The van der Waals surface area contributed by atoms with Gasteiger partial charge in [0, 0.05) is 19.6 Å². The summed E-state index contributed by atoms with van der Waals surface area (Å²) in [6, 6.07) is 0. The second-order valence-corrected chi connectivity index (χ2v) is 4.39. The maximum Gasteiger partial charge on any atom is 0.143 e. The summed E-state index contributed by atoms with van der Waals surface area (Å²) in [4.78, 5) is 0. The van der Waals surface area contributed by atoms with E-state index in [1.54, 1.807) is 11.3 Å². The molecule has 0 fully saturated rings. The molecule has 0 unspecified atom stereocenters. The Morgan fingerprint density at radius 1 is 1.27 bits per heavy atom. The van der Waals surface area contributed by atoms with Gasteiger partial charge in [0.15, 0.2) is 0 Å². The van der Waals surface area contributed by atoms with Crippen molar-refractivity contribution in [1.29, 1.82) is 0 Å². The number of rotatable bonds is 8. The third-order valence-corrected chi connectivity index (χ3v) is 2.80. The third-order valence-electron chi connectivity index (χ3n) is 1.85. The quantitative estimate of drug-likeness (QED) is 0.688. The highest BCUT2D eigenvalue weighted by molar-refractivity contribution is 7.11. The van der Waals surface area contributed by atoms with E-state index in [2.05, 4.69) is 29.4 Å². The zero-order valence-electron chi connectivity index (χ0n) is 9.45. The molecule has 1 N–H and O–H groups in total. The van der Waals surface area contributed by atoms with Gasteiger partial charge in [-0.25, -0.2) is 0 Å². The van der Waals surface area contributed by atoms with E-state index in [0.717, 1.165) is 42.6 Å². The molecule has 1 rings (SSSR count). The van der Waals surface area contributed by atoms with Gasteiger partial charge in [-0.15, -0.1) is 10.2 Å². The minimum absolute atomic E-state index is 0.604. The Hall–Kier alpha value is -0.520. The van der Waals surface area contributed by atoms with Crippen LogP contribution in [0.25, 0.3) is 0 Å². The molecule has 0 spiro atoms. The molecular weight excluding hydrogens is 210 g/mol. The number of hydrogen-bond donors (Lipinski definition) is 1. The molecular formula is C10H19N3OS. The normalized spacial score (nSPS) is 10.8. The SMILES string of the molecule is CCCOCc1nnc(CCNCC)s1. The van der Waals surface area contributed by atoms with Crippen LogP contribution in [0.3, 0.4) is 0 Å². The van der Waals surface area contributed by atoms with E-state index in [0.29, 0.717) is 6.61 Å². The fourth-order valence-corrected chi connectivity index (χ4v) is 1.91. The number of aromatic nitrogens is 2. The molecule has 0 atom stereocenters. The first kappa shape index (κ1) is 12.5. The summed E-state index contributed by atoms with van der Waals surface area (Å²) < 4.78 is 5.40. The van der Waals surface area contributed by atoms with Crippen LogP contribution in [0.5, 0.6) is 0 Å². The molecule has 1 aromatic heterocycles. The standard InChI is InChI=1S/C10H19N3OS/c1-3-7-14-8-10-13-12-9(15-10)5-6-11-4-2/h11H,3-8H2,1-2H3. The summed E-state index contributed by atoms with van der Waals surface area (Å²) in [5, 5.41) is 13.5. The van der Waals surface area contributed by atoms with E-state index in [-0.39, 0.29) is 0 Å². The predicted molar refractivity (Wildman–Crippen MR) is 62.1 cm³/mol. The van der Waals surface area contributed by atoms with Gasteiger partial charge in [0.25, 0.3) is 0 Å². The summed E-state index contributed by atoms with van der Waals surface area (Å²) in [7, 11) is 0. The first-order chi connectivity index (χ1) is 7.36. The van der Waals surface area contributed by atoms with Crippen LogP contribution >= 0.6 is 11.3 Å². The van der Waals surface area contributed by atoms with Crippen molar-refractivity contribution in [3.8, 4) is 0 Å². The molecule has 0 amide bonds. The molecule has 0 saturated heterocycles. The minimum atomic E-state index is 0.604. The summed E-state index contributed by atoms with van der Waals surface area (Å²) in [5.41, 5.74) is 0. The van der Waals surface area contributed by atoms with Crippen molar-refractivity contribution in [3.05, 3.63) is 10.0 Å². The van der Waals surface area contributed by atoms with E-state index in [1.807, 2.05) is 0 Å². The van der Waals surface area contributed by atoms with Crippen LogP contribution in [0.1, 0.15) is 30.3 Å². The van der Waals surface area contributed by atoms with Crippen molar-refractivity contribution in [2.24, 2.45) is 0 Å². The zero-order chi connectivity index (χ0) is 10.9. The lowest BCUT2D eigenvalue weighted by atomic mass is 10.4. The number of hydrogen-bond acceptors (Lipinski definition) is 5. The van der Waals surface area contributed by atoms with Crippen LogP contribution in [-0.2, 0) is 17.8 Å². The van der Waals surface area contributed by atoms with Gasteiger partial charge in [-0.05, 0) is 13.0 Å². The second-order valence-electron chi connectivity index (χ2n) is 3.25. The van der Waals surface area contributed by atoms with Gasteiger partial charge < -0.3 is 10.1 Å². The highest BCUT2D eigenvalue weighted by Gasteiger charge is 2.03. The lowest BCUT2D eigenvalue weighted by molar-refractivity contribution is 0.121. The molecule has 0 bridgehead atoms. The predicted octanol–water partition coefficient (Wildman–Crippen LogP) is 1.62.